The molecule has 0 spiro atoms. The number of rotatable bonds is 24. The molecule has 1 rings (SSSR count). The van der Waals surface area contributed by atoms with Gasteiger partial charge in [-0.05, 0) is 84.4 Å². The van der Waals surface area contributed by atoms with Crippen LogP contribution in [0.25, 0.3) is 0 Å². The van der Waals surface area contributed by atoms with Crippen LogP contribution in [0.5, 0.6) is 0 Å². The van der Waals surface area contributed by atoms with Gasteiger partial charge in [-0.15, -0.1) is 0 Å². The van der Waals surface area contributed by atoms with E-state index >= 15 is 0 Å². The molecular formula is C41H81NO16P2. The Hall–Kier alpha value is -4.12. The second-order valence-corrected chi connectivity index (χ2v) is 15.5. The molecule has 0 aromatic rings. The molecule has 5 unspecified atom stereocenters. The van der Waals surface area contributed by atoms with E-state index in [1.54, 1.807) is 6.92 Å². The van der Waals surface area contributed by atoms with E-state index in [2.05, 4.69) is 94.3 Å². The van der Waals surface area contributed by atoms with Crippen LogP contribution in [-0.4, -0.2) is 103 Å². The maximum absolute atomic E-state index is 12.8. The van der Waals surface area contributed by atoms with Crippen LogP contribution in [0.1, 0.15) is 122 Å². The van der Waals surface area contributed by atoms with Gasteiger partial charge in [-0.1, -0.05) is 89.9 Å². The Morgan fingerprint density at radius 1 is 0.600 bits per heavy atom. The van der Waals surface area contributed by atoms with Crippen LogP contribution in [0, 0.1) is 82.9 Å². The lowest BCUT2D eigenvalue weighted by molar-refractivity contribution is -0.216. The van der Waals surface area contributed by atoms with E-state index < -0.39 is 83.5 Å². The summed E-state index contributed by atoms with van der Waals surface area (Å²) in [6.07, 6.45) is -1.07. The molecule has 0 aliphatic heterocycles. The number of aliphatic hydroxyl groups excluding tert-OH is 4. The van der Waals surface area contributed by atoms with Gasteiger partial charge in [0.15, 0.2) is 6.10 Å². The van der Waals surface area contributed by atoms with Crippen LogP contribution >= 0.6 is 15.6 Å². The number of ether oxygens (including phenoxy) is 2. The maximum Gasteiger partial charge on any atom is 0.472 e. The van der Waals surface area contributed by atoms with Crippen molar-refractivity contribution in [3.8, 4) is 82.9 Å². The normalized spacial score (nSPS) is 20.3. The Morgan fingerprint density at radius 2 is 1.00 bits per heavy atom. The summed E-state index contributed by atoms with van der Waals surface area (Å²) < 4.78 is 48.3. The average Bonchev–Trinajstić information content (AvgIpc) is 3.18. The lowest BCUT2D eigenvalue weighted by Gasteiger charge is -2.43. The molecule has 0 heterocycles. The van der Waals surface area contributed by atoms with Gasteiger partial charge in [0, 0.05) is 30.9 Å². The highest BCUT2D eigenvalue weighted by Crippen LogP contribution is 2.48. The molecule has 0 bridgehead atoms. The van der Waals surface area contributed by atoms with Gasteiger partial charge in [0.25, 0.3) is 0 Å². The fourth-order valence-corrected chi connectivity index (χ4v) is 6.80. The third-order valence-corrected chi connectivity index (χ3v) is 9.65. The zero-order chi connectivity index (χ0) is 43.9. The van der Waals surface area contributed by atoms with Gasteiger partial charge in [0.2, 0.25) is 0 Å². The Kier molecular flexibility index (Phi) is 30.4. The van der Waals surface area contributed by atoms with E-state index in [9.17, 15) is 44.0 Å². The monoisotopic (exact) mass is 906 g/mol. The molecule has 17 nitrogen and oxygen atoms in total. The van der Waals surface area contributed by atoms with Crippen molar-refractivity contribution >= 4 is 27.6 Å². The summed E-state index contributed by atoms with van der Waals surface area (Å²) in [6.45, 7) is 2.18. The summed E-state index contributed by atoms with van der Waals surface area (Å²) in [7, 11) is -10.7. The fourth-order valence-electron chi connectivity index (χ4n) is 5.26. The van der Waals surface area contributed by atoms with Gasteiger partial charge in [-0.25, -0.2) is 13.9 Å². The van der Waals surface area contributed by atoms with Gasteiger partial charge >= 0.3 is 27.6 Å². The third kappa shape index (κ3) is 26.9. The van der Waals surface area contributed by atoms with Crippen LogP contribution in [0.15, 0.2) is 0 Å². The smallest absolute Gasteiger partial charge is 0.456 e. The van der Waals surface area contributed by atoms with Crippen molar-refractivity contribution in [2.45, 2.75) is 146 Å². The van der Waals surface area contributed by atoms with E-state index in [1.165, 1.54) is 44.9 Å². The largest absolute Gasteiger partial charge is 0.472 e. The highest BCUT2D eigenvalue weighted by molar-refractivity contribution is 7.47. The third-order valence-electron chi connectivity index (χ3n) is 8.14. The Balaban J connectivity index is -0.000000207. The van der Waals surface area contributed by atoms with E-state index in [-0.39, 0.29) is 31.1 Å². The number of esters is 2. The SMILES string of the molecule is CC#CC#CC#CC#CC#CC#CC#CC(=O)OC[C@H](COP(=O)(O)OC1C(O)[C@H](O)C(OP(=O)(O)O)C(O)[C@@H]1O)OC(=O)CCCCCCCCCCCCCCC.N.[HH].[HH].[HH].[HH].[HH].[HH].[HH].[HH].[HH].[HH].[HH].[HH].[HH]. The van der Waals surface area contributed by atoms with Gasteiger partial charge in [0.1, 0.15) is 43.2 Å². The fraction of sp³-hybridized carbons (Fsp3) is 0.610. The lowest BCUT2D eigenvalue weighted by Crippen LogP contribution is -2.64. The molecule has 1 aliphatic carbocycles. The number of hydrogen-bond donors (Lipinski definition) is 8. The molecule has 10 N–H and O–H groups in total. The molecule has 0 amide bonds. The van der Waals surface area contributed by atoms with Gasteiger partial charge in [0.05, 0.1) is 6.61 Å². The van der Waals surface area contributed by atoms with Crippen LogP contribution in [0.4, 0.5) is 0 Å². The van der Waals surface area contributed by atoms with Crippen LogP contribution < -0.4 is 6.15 Å². The number of aliphatic hydroxyl groups is 4. The van der Waals surface area contributed by atoms with Gasteiger partial charge in [-0.2, -0.15) is 0 Å². The summed E-state index contributed by atoms with van der Waals surface area (Å²) >= 11 is 0. The number of phosphoric acid groups is 2. The van der Waals surface area contributed by atoms with E-state index in [4.69, 9.17) is 28.3 Å². The highest BCUT2D eigenvalue weighted by Gasteiger charge is 2.54. The minimum absolute atomic E-state index is 0. The zero-order valence-electron chi connectivity index (χ0n) is 33.8. The first-order valence-corrected chi connectivity index (χ1v) is 22.0. The molecule has 0 saturated heterocycles. The number of hydrogen-bond acceptors (Lipinski definition) is 14. The first-order valence-electron chi connectivity index (χ1n) is 19.0. The minimum atomic E-state index is -5.34. The molecule has 1 saturated carbocycles. The summed E-state index contributed by atoms with van der Waals surface area (Å²) in [5.74, 6) is 31.6. The Bertz CT molecular complexity index is 1920. The van der Waals surface area contributed by atoms with Crippen LogP contribution in [0.3, 0.4) is 0 Å². The predicted octanol–water partition coefficient (Wildman–Crippen LogP) is 5.76. The minimum Gasteiger partial charge on any atom is -0.456 e. The van der Waals surface area contributed by atoms with Gasteiger partial charge in [-0.3, -0.25) is 18.4 Å². The summed E-state index contributed by atoms with van der Waals surface area (Å²) in [5, 5.41) is 41.2. The molecular weight excluding hydrogens is 824 g/mol. The number of carbonyl (C=O) groups excluding carboxylic acids is 2. The van der Waals surface area contributed by atoms with Crippen LogP contribution in [0.2, 0.25) is 0 Å². The van der Waals surface area contributed by atoms with Crippen molar-refractivity contribution in [1.29, 1.82) is 0 Å². The molecule has 19 heteroatoms. The zero-order valence-corrected chi connectivity index (χ0v) is 35.6. The van der Waals surface area contributed by atoms with E-state index in [0.29, 0.717) is 6.42 Å². The van der Waals surface area contributed by atoms with E-state index in [0.717, 1.165) is 32.1 Å². The molecule has 60 heavy (non-hydrogen) atoms. The molecule has 0 aromatic carbocycles. The average molecular weight is 906 g/mol. The van der Waals surface area contributed by atoms with Crippen molar-refractivity contribution < 1.29 is 95.4 Å². The van der Waals surface area contributed by atoms with Crippen molar-refractivity contribution in [3.63, 3.8) is 0 Å². The summed E-state index contributed by atoms with van der Waals surface area (Å²) in [4.78, 5) is 53.3. The van der Waals surface area contributed by atoms with Gasteiger partial charge < -0.3 is 50.7 Å². The summed E-state index contributed by atoms with van der Waals surface area (Å²) in [6, 6.07) is 0. The first kappa shape index (κ1) is 55.9. The standard InChI is InChI=1S/C41H52O16P2.H3N.13H2/c1-3-5-7-9-11-13-15-17-19-21-23-25-27-29-34(42)53-31-33(55-35(43)30-28-26-24-22-20-18-16-14-12-10-8-6-4-2)32-54-59(51,52)57-41-38(46)36(44)40(37(45)39(41)47)56-58(48,49)50;;;;;;;;;;;;;;/h33,36-41,44-47H,4,6,8,10,12,14,16,18,20,22,24,26,28,30-32H2,1-2H3,(H,51,52)(H2,48,49,50);1H3;13*1H/t33-,36+,37?,38?,39+,40?,41?;;;;;;;;;;;;;;/m1............../s1. The molecule has 8 atom stereocenters. The Labute approximate surface area is 371 Å². The maximum atomic E-state index is 12.8. The number of unbranched alkanes of at least 4 members (excludes halogenated alkanes) is 12. The molecule has 0 aromatic heterocycles. The van der Waals surface area contributed by atoms with Crippen molar-refractivity contribution in [2.24, 2.45) is 0 Å². The number of carbonyl (C=O) groups is 2. The van der Waals surface area contributed by atoms with Crippen LogP contribution in [-0.2, 0) is 41.8 Å². The van der Waals surface area contributed by atoms with Crippen molar-refractivity contribution in [2.75, 3.05) is 13.2 Å². The molecule has 1 fully saturated rings. The lowest BCUT2D eigenvalue weighted by atomic mass is 9.85. The molecule has 1 aliphatic rings. The second-order valence-electron chi connectivity index (χ2n) is 12.9. The van der Waals surface area contributed by atoms with Crippen molar-refractivity contribution in [3.05, 3.63) is 0 Å². The summed E-state index contributed by atoms with van der Waals surface area (Å²) in [5.41, 5.74) is 0. The quantitative estimate of drug-likeness (QED) is 0.0188. The highest BCUT2D eigenvalue weighted by atomic mass is 31.2. The number of phosphoric ester groups is 2. The molecule has 356 valence electrons. The van der Waals surface area contributed by atoms with Crippen molar-refractivity contribution in [1.82, 2.24) is 6.15 Å². The predicted molar refractivity (Wildman–Crippen MR) is 245 cm³/mol. The topological polar surface area (TPSA) is 291 Å². The first-order chi connectivity index (χ1) is 28.1. The molecule has 0 radical (unpaired) electrons. The Morgan fingerprint density at radius 3 is 1.43 bits per heavy atom. The van der Waals surface area contributed by atoms with E-state index in [1.807, 2.05) is 0 Å². The second kappa shape index (κ2) is 32.6.